The molecule has 114 valence electrons. The first-order valence-corrected chi connectivity index (χ1v) is 6.70. The fraction of sp³-hybridized carbons (Fsp3) is 0.400. The Kier molecular flexibility index (Phi) is 4.55. The van der Waals surface area contributed by atoms with Gasteiger partial charge in [0, 0.05) is 31.0 Å². The molecule has 0 saturated carbocycles. The average Bonchev–Trinajstić information content (AvgIpc) is 2.85. The van der Waals surface area contributed by atoms with E-state index in [0.29, 0.717) is 18.5 Å². The quantitative estimate of drug-likeness (QED) is 0.684. The van der Waals surface area contributed by atoms with E-state index in [-0.39, 0.29) is 6.04 Å². The Morgan fingerprint density at radius 3 is 2.81 bits per heavy atom. The van der Waals surface area contributed by atoms with Gasteiger partial charge in [-0.3, -0.25) is 4.79 Å². The van der Waals surface area contributed by atoms with E-state index < -0.39 is 11.7 Å². The lowest BCUT2D eigenvalue weighted by atomic mass is 10.1. The van der Waals surface area contributed by atoms with Crippen molar-refractivity contribution in [3.63, 3.8) is 0 Å². The third kappa shape index (κ3) is 4.00. The molecule has 1 aromatic rings. The van der Waals surface area contributed by atoms with Crippen molar-refractivity contribution in [3.8, 4) is 0 Å². The lowest BCUT2D eigenvalue weighted by Crippen LogP contribution is -2.23. The van der Waals surface area contributed by atoms with Gasteiger partial charge in [0.25, 0.3) is 0 Å². The second-order valence-corrected chi connectivity index (χ2v) is 5.13. The van der Waals surface area contributed by atoms with E-state index in [0.717, 1.165) is 30.7 Å². The Hall–Kier alpha value is -1.98. The molecule has 0 aliphatic carbocycles. The predicted octanol–water partition coefficient (Wildman–Crippen LogP) is 3.21. The van der Waals surface area contributed by atoms with Crippen molar-refractivity contribution in [3.05, 3.63) is 41.6 Å². The Bertz CT molecular complexity index is 540. The number of halogens is 3. The highest BCUT2D eigenvalue weighted by Crippen LogP contribution is 2.32. The molecule has 0 unspecified atom stereocenters. The molecule has 1 saturated heterocycles. The highest BCUT2D eigenvalue weighted by Gasteiger charge is 2.31. The van der Waals surface area contributed by atoms with E-state index in [1.165, 1.54) is 12.1 Å². The third-order valence-electron chi connectivity index (χ3n) is 3.52. The molecule has 1 heterocycles. The lowest BCUT2D eigenvalue weighted by molar-refractivity contribution is -0.137. The van der Waals surface area contributed by atoms with Gasteiger partial charge in [-0.1, -0.05) is 6.07 Å². The molecular weight excluding hydrogens is 281 g/mol. The largest absolute Gasteiger partial charge is 0.416 e. The number of carbonyl (C=O) groups excluding carboxylic acids is 1. The third-order valence-corrected chi connectivity index (χ3v) is 3.52. The number of aldehydes is 1. The summed E-state index contributed by atoms with van der Waals surface area (Å²) in [5.41, 5.74) is 0.646. The average molecular weight is 298 g/mol. The predicted molar refractivity (Wildman–Crippen MR) is 75.0 cm³/mol. The molecule has 1 aliphatic rings. The van der Waals surface area contributed by atoms with Crippen molar-refractivity contribution < 1.29 is 18.0 Å². The van der Waals surface area contributed by atoms with E-state index in [4.69, 9.17) is 0 Å². The van der Waals surface area contributed by atoms with Gasteiger partial charge in [0.1, 0.15) is 6.29 Å². The molecule has 2 rings (SSSR count). The molecule has 21 heavy (non-hydrogen) atoms. The van der Waals surface area contributed by atoms with Gasteiger partial charge in [-0.05, 0) is 37.1 Å². The van der Waals surface area contributed by atoms with Gasteiger partial charge in [0.05, 0.1) is 5.56 Å². The number of hydrogen-bond acceptors (Lipinski definition) is 3. The van der Waals surface area contributed by atoms with Crippen LogP contribution >= 0.6 is 0 Å². The molecular formula is C15H17F3N2O. The second-order valence-electron chi connectivity index (χ2n) is 5.13. The van der Waals surface area contributed by atoms with Crippen LogP contribution in [-0.2, 0) is 11.0 Å². The van der Waals surface area contributed by atoms with Gasteiger partial charge in [-0.15, -0.1) is 0 Å². The lowest BCUT2D eigenvalue weighted by Gasteiger charge is -2.18. The highest BCUT2D eigenvalue weighted by molar-refractivity contribution is 5.64. The van der Waals surface area contributed by atoms with Crippen LogP contribution < -0.4 is 5.32 Å². The summed E-state index contributed by atoms with van der Waals surface area (Å²) < 4.78 is 38.2. The molecule has 1 atom stereocenters. The minimum atomic E-state index is -4.33. The maximum Gasteiger partial charge on any atom is 0.416 e. The van der Waals surface area contributed by atoms with Crippen molar-refractivity contribution in [1.29, 1.82) is 0 Å². The van der Waals surface area contributed by atoms with Gasteiger partial charge < -0.3 is 10.2 Å². The van der Waals surface area contributed by atoms with Crippen molar-refractivity contribution in [2.45, 2.75) is 25.6 Å². The SMILES string of the molecule is Cc1ccc(C(F)(F)F)cc1N[C@@H]1CCN(C=CC=O)C1. The Morgan fingerprint density at radius 1 is 1.38 bits per heavy atom. The standard InChI is InChI=1S/C15H17F3N2O/c1-11-3-4-12(15(16,17)18)9-14(11)19-13-5-7-20(10-13)6-2-8-21/h2-4,6,8-9,13,19H,5,7,10H2,1H3/t13-/m1/s1. The van der Waals surface area contributed by atoms with E-state index in [1.54, 1.807) is 13.1 Å². The summed E-state index contributed by atoms with van der Waals surface area (Å²) in [4.78, 5) is 12.2. The number of benzene rings is 1. The van der Waals surface area contributed by atoms with E-state index in [1.807, 2.05) is 4.90 Å². The summed E-state index contributed by atoms with van der Waals surface area (Å²) in [6, 6.07) is 3.79. The number of anilines is 1. The molecule has 0 amide bonds. The number of carbonyl (C=O) groups is 1. The second kappa shape index (κ2) is 6.20. The number of nitrogens with zero attached hydrogens (tertiary/aromatic N) is 1. The van der Waals surface area contributed by atoms with Crippen LogP contribution in [0.4, 0.5) is 18.9 Å². The van der Waals surface area contributed by atoms with E-state index >= 15 is 0 Å². The van der Waals surface area contributed by atoms with Crippen LogP contribution in [0.1, 0.15) is 17.5 Å². The summed E-state index contributed by atoms with van der Waals surface area (Å²) in [5, 5.41) is 3.16. The monoisotopic (exact) mass is 298 g/mol. The zero-order valence-corrected chi connectivity index (χ0v) is 11.7. The van der Waals surface area contributed by atoms with Gasteiger partial charge in [-0.2, -0.15) is 13.2 Å². The number of allylic oxidation sites excluding steroid dienone is 1. The zero-order chi connectivity index (χ0) is 15.5. The number of likely N-dealkylation sites (tertiary alicyclic amines) is 1. The summed E-state index contributed by atoms with van der Waals surface area (Å²) in [6.45, 7) is 3.22. The number of nitrogens with one attached hydrogen (secondary N) is 1. The first-order valence-electron chi connectivity index (χ1n) is 6.70. The van der Waals surface area contributed by atoms with Gasteiger partial charge >= 0.3 is 6.18 Å². The van der Waals surface area contributed by atoms with Crippen LogP contribution in [0.15, 0.2) is 30.5 Å². The summed E-state index contributed by atoms with van der Waals surface area (Å²) in [5.74, 6) is 0. The van der Waals surface area contributed by atoms with Crippen LogP contribution in [-0.4, -0.2) is 30.3 Å². The Morgan fingerprint density at radius 2 is 2.14 bits per heavy atom. The molecule has 1 aromatic carbocycles. The highest BCUT2D eigenvalue weighted by atomic mass is 19.4. The smallest absolute Gasteiger partial charge is 0.380 e. The maximum atomic E-state index is 12.7. The fourth-order valence-electron chi connectivity index (χ4n) is 2.37. The molecule has 0 bridgehead atoms. The summed E-state index contributed by atoms with van der Waals surface area (Å²) in [6.07, 6.45) is 0.306. The molecule has 0 radical (unpaired) electrons. The van der Waals surface area contributed by atoms with Crippen LogP contribution in [0.25, 0.3) is 0 Å². The molecule has 3 nitrogen and oxygen atoms in total. The first kappa shape index (κ1) is 15.4. The molecule has 0 spiro atoms. The number of hydrogen-bond donors (Lipinski definition) is 1. The minimum absolute atomic E-state index is 0.0727. The van der Waals surface area contributed by atoms with Crippen LogP contribution in [0.3, 0.4) is 0 Å². The topological polar surface area (TPSA) is 32.3 Å². The summed E-state index contributed by atoms with van der Waals surface area (Å²) in [7, 11) is 0. The number of alkyl halides is 3. The van der Waals surface area contributed by atoms with Crippen LogP contribution in [0.5, 0.6) is 0 Å². The van der Waals surface area contributed by atoms with Crippen LogP contribution in [0.2, 0.25) is 0 Å². The Balaban J connectivity index is 2.06. The van der Waals surface area contributed by atoms with E-state index in [9.17, 15) is 18.0 Å². The van der Waals surface area contributed by atoms with Crippen LogP contribution in [0, 0.1) is 6.92 Å². The number of aryl methyl sites for hydroxylation is 1. The maximum absolute atomic E-state index is 12.7. The molecule has 1 aliphatic heterocycles. The van der Waals surface area contributed by atoms with Crippen molar-refractivity contribution in [2.75, 3.05) is 18.4 Å². The minimum Gasteiger partial charge on any atom is -0.380 e. The van der Waals surface area contributed by atoms with Crippen molar-refractivity contribution in [2.24, 2.45) is 0 Å². The molecule has 1 N–H and O–H groups in total. The van der Waals surface area contributed by atoms with Gasteiger partial charge in [-0.25, -0.2) is 0 Å². The fourth-order valence-corrected chi connectivity index (χ4v) is 2.37. The van der Waals surface area contributed by atoms with Gasteiger partial charge in [0.15, 0.2) is 0 Å². The molecule has 1 fully saturated rings. The molecule has 6 heteroatoms. The van der Waals surface area contributed by atoms with E-state index in [2.05, 4.69) is 5.32 Å². The molecule has 0 aromatic heterocycles. The normalized spacial score (nSPS) is 19.2. The zero-order valence-electron chi connectivity index (χ0n) is 11.7. The number of rotatable bonds is 4. The first-order chi connectivity index (χ1) is 9.90. The summed E-state index contributed by atoms with van der Waals surface area (Å²) >= 11 is 0. The van der Waals surface area contributed by atoms with Crippen molar-refractivity contribution in [1.82, 2.24) is 4.90 Å². The van der Waals surface area contributed by atoms with Gasteiger partial charge in [0.2, 0.25) is 0 Å². The Labute approximate surface area is 121 Å². The van der Waals surface area contributed by atoms with Crippen molar-refractivity contribution >= 4 is 12.0 Å².